The largest absolute Gasteiger partial charge is 0.481 e. The second-order valence-corrected chi connectivity index (χ2v) is 5.08. The summed E-state index contributed by atoms with van der Waals surface area (Å²) >= 11 is 0.321. The van der Waals surface area contributed by atoms with Crippen molar-refractivity contribution < 1.29 is 14.1 Å². The Hall–Kier alpha value is -2.07. The maximum Gasteiger partial charge on any atom is 0.476 e. The first kappa shape index (κ1) is 13.4. The summed E-state index contributed by atoms with van der Waals surface area (Å²) in [5.41, 5.74) is 1.42. The standard InChI is InChI=1S/C15H12O3S/c16-14(17)11-15(19-18,12-7-3-1-4-8-12)13-9-5-2-6-10-13/h1-10H,11H2/p+1. The molecule has 0 saturated carbocycles. The van der Waals surface area contributed by atoms with Crippen molar-refractivity contribution in [2.24, 2.45) is 0 Å². The molecule has 0 aliphatic heterocycles. The minimum atomic E-state index is -1.09. The van der Waals surface area contributed by atoms with Crippen molar-refractivity contribution in [1.29, 1.82) is 0 Å². The van der Waals surface area contributed by atoms with Gasteiger partial charge in [-0.1, -0.05) is 60.7 Å². The zero-order chi connectivity index (χ0) is 13.7. The third kappa shape index (κ3) is 2.69. The van der Waals surface area contributed by atoms with Crippen LogP contribution in [0.3, 0.4) is 0 Å². The highest BCUT2D eigenvalue weighted by Gasteiger charge is 2.50. The summed E-state index contributed by atoms with van der Waals surface area (Å²) in [6, 6.07) is 18.1. The molecule has 0 heterocycles. The second-order valence-electron chi connectivity index (χ2n) is 4.21. The van der Waals surface area contributed by atoms with Crippen LogP contribution in [0, 0.1) is 0 Å². The van der Waals surface area contributed by atoms with Crippen LogP contribution in [0.15, 0.2) is 60.7 Å². The summed E-state index contributed by atoms with van der Waals surface area (Å²) in [5.74, 6) is -0.990. The molecule has 0 aromatic heterocycles. The average molecular weight is 273 g/mol. The lowest BCUT2D eigenvalue weighted by molar-refractivity contribution is -0.137. The highest BCUT2D eigenvalue weighted by Crippen LogP contribution is 2.35. The number of carboxylic acids is 1. The lowest BCUT2D eigenvalue weighted by Gasteiger charge is -2.16. The second kappa shape index (κ2) is 5.71. The Morgan fingerprint density at radius 1 is 0.947 bits per heavy atom. The quantitative estimate of drug-likeness (QED) is 0.852. The molecule has 0 spiro atoms. The van der Waals surface area contributed by atoms with E-state index in [1.54, 1.807) is 24.3 Å². The molecule has 0 aliphatic rings. The van der Waals surface area contributed by atoms with E-state index in [2.05, 4.69) is 0 Å². The molecule has 0 unspecified atom stereocenters. The van der Waals surface area contributed by atoms with Crippen LogP contribution in [0.5, 0.6) is 0 Å². The molecule has 0 fully saturated rings. The monoisotopic (exact) mass is 273 g/mol. The Morgan fingerprint density at radius 3 is 1.68 bits per heavy atom. The number of hydrogen-bond donors (Lipinski definition) is 1. The van der Waals surface area contributed by atoms with Crippen LogP contribution < -0.4 is 0 Å². The maximum atomic E-state index is 11.7. The Kier molecular flexibility index (Phi) is 4.02. The van der Waals surface area contributed by atoms with Gasteiger partial charge in [-0.05, 0) is 0 Å². The van der Waals surface area contributed by atoms with Gasteiger partial charge in [0, 0.05) is 15.3 Å². The zero-order valence-corrected chi connectivity index (χ0v) is 11.0. The van der Waals surface area contributed by atoms with E-state index in [0.717, 1.165) is 0 Å². The molecule has 2 rings (SSSR count). The van der Waals surface area contributed by atoms with Gasteiger partial charge in [0.2, 0.25) is 0 Å². The molecule has 3 nitrogen and oxygen atoms in total. The number of carbonyl (C=O) groups is 1. The Morgan fingerprint density at radius 2 is 1.37 bits per heavy atom. The van der Waals surface area contributed by atoms with E-state index in [9.17, 15) is 9.00 Å². The molecule has 0 atom stereocenters. The Bertz CT molecular complexity index is 527. The van der Waals surface area contributed by atoms with Crippen molar-refractivity contribution in [3.63, 3.8) is 0 Å². The van der Waals surface area contributed by atoms with Crippen LogP contribution in [0.25, 0.3) is 0 Å². The molecular formula is C15H13O3S+. The average Bonchev–Trinajstić information content (AvgIpc) is 2.46. The summed E-state index contributed by atoms with van der Waals surface area (Å²) in [6.45, 7) is 0. The molecule has 96 valence electrons. The molecule has 0 radical (unpaired) electrons. The fraction of sp³-hybridized carbons (Fsp3) is 0.133. The summed E-state index contributed by atoms with van der Waals surface area (Å²) < 4.78 is 10.7. The van der Waals surface area contributed by atoms with Crippen molar-refractivity contribution >= 4 is 17.6 Å². The predicted molar refractivity (Wildman–Crippen MR) is 74.0 cm³/mol. The molecule has 0 bridgehead atoms. The lowest BCUT2D eigenvalue weighted by Crippen LogP contribution is -2.29. The topological polar surface area (TPSA) is 54.4 Å². The van der Waals surface area contributed by atoms with Gasteiger partial charge in [0.05, 0.1) is 0 Å². The fourth-order valence-corrected chi connectivity index (χ4v) is 2.77. The molecule has 0 aliphatic carbocycles. The van der Waals surface area contributed by atoms with E-state index in [0.29, 0.717) is 22.8 Å². The van der Waals surface area contributed by atoms with Crippen molar-refractivity contribution in [2.45, 2.75) is 11.2 Å². The van der Waals surface area contributed by atoms with Crippen LogP contribution in [-0.2, 0) is 25.4 Å². The van der Waals surface area contributed by atoms with E-state index in [1.807, 2.05) is 36.4 Å². The van der Waals surface area contributed by atoms with Crippen molar-refractivity contribution in [2.75, 3.05) is 0 Å². The first-order valence-electron chi connectivity index (χ1n) is 5.83. The SMILES string of the molecule is O=[S+]C(CC(=O)O)(c1ccccc1)c1ccccc1. The number of hydrogen-bond acceptors (Lipinski definition) is 2. The van der Waals surface area contributed by atoms with Crippen LogP contribution in [0.1, 0.15) is 17.5 Å². The van der Waals surface area contributed by atoms with Crippen LogP contribution in [0.2, 0.25) is 0 Å². The molecule has 19 heavy (non-hydrogen) atoms. The normalized spacial score (nSPS) is 10.9. The maximum absolute atomic E-state index is 11.7. The van der Waals surface area contributed by atoms with Gasteiger partial charge in [-0.3, -0.25) is 4.79 Å². The van der Waals surface area contributed by atoms with Crippen molar-refractivity contribution in [3.05, 3.63) is 71.8 Å². The minimum absolute atomic E-state index is 0.241. The molecule has 0 amide bonds. The van der Waals surface area contributed by atoms with Gasteiger partial charge in [-0.2, -0.15) is 0 Å². The summed E-state index contributed by atoms with van der Waals surface area (Å²) in [6.07, 6.45) is -0.241. The summed E-state index contributed by atoms with van der Waals surface area (Å²) in [4.78, 5) is 11.2. The number of carboxylic acid groups (broad SMARTS) is 1. The first-order valence-corrected chi connectivity index (χ1v) is 6.57. The van der Waals surface area contributed by atoms with Gasteiger partial charge in [0.25, 0.3) is 0 Å². The van der Waals surface area contributed by atoms with Crippen LogP contribution in [0.4, 0.5) is 0 Å². The smallest absolute Gasteiger partial charge is 0.476 e. The van der Waals surface area contributed by atoms with E-state index in [-0.39, 0.29) is 6.42 Å². The zero-order valence-electron chi connectivity index (χ0n) is 10.2. The molecule has 0 saturated heterocycles. The summed E-state index contributed by atoms with van der Waals surface area (Å²) in [5, 5.41) is 9.15. The van der Waals surface area contributed by atoms with Gasteiger partial charge in [-0.15, -0.1) is 0 Å². The molecule has 2 aromatic carbocycles. The summed E-state index contributed by atoms with van der Waals surface area (Å²) in [7, 11) is 0. The van der Waals surface area contributed by atoms with Crippen LogP contribution >= 0.6 is 0 Å². The first-order chi connectivity index (χ1) is 9.19. The van der Waals surface area contributed by atoms with E-state index in [4.69, 9.17) is 5.11 Å². The number of benzene rings is 2. The Labute approximate surface area is 115 Å². The van der Waals surface area contributed by atoms with Crippen LogP contribution in [-0.4, -0.2) is 11.1 Å². The number of aliphatic carboxylic acids is 1. The predicted octanol–water partition coefficient (Wildman–Crippen LogP) is 2.83. The van der Waals surface area contributed by atoms with Gasteiger partial charge in [0.15, 0.2) is 0 Å². The van der Waals surface area contributed by atoms with Gasteiger partial charge >= 0.3 is 22.4 Å². The molecule has 2 aromatic rings. The third-order valence-corrected chi connectivity index (χ3v) is 3.92. The van der Waals surface area contributed by atoms with E-state index >= 15 is 0 Å². The minimum Gasteiger partial charge on any atom is -0.481 e. The van der Waals surface area contributed by atoms with Gasteiger partial charge in [0.1, 0.15) is 6.42 Å². The van der Waals surface area contributed by atoms with E-state index < -0.39 is 10.7 Å². The van der Waals surface area contributed by atoms with Gasteiger partial charge in [-0.25, -0.2) is 0 Å². The van der Waals surface area contributed by atoms with Crippen molar-refractivity contribution in [1.82, 2.24) is 0 Å². The van der Waals surface area contributed by atoms with E-state index in [1.165, 1.54) is 0 Å². The highest BCUT2D eigenvalue weighted by atomic mass is 32.1. The Balaban J connectivity index is 2.61. The molecule has 4 heteroatoms. The molecule has 1 N–H and O–H groups in total. The third-order valence-electron chi connectivity index (χ3n) is 3.02. The fourth-order valence-electron chi connectivity index (χ4n) is 2.12. The molecular weight excluding hydrogens is 260 g/mol. The lowest BCUT2D eigenvalue weighted by atomic mass is 9.87. The highest BCUT2D eigenvalue weighted by molar-refractivity contribution is 7.67. The number of rotatable bonds is 5. The van der Waals surface area contributed by atoms with Crippen molar-refractivity contribution in [3.8, 4) is 0 Å². The van der Waals surface area contributed by atoms with Gasteiger partial charge < -0.3 is 5.11 Å².